The third kappa shape index (κ3) is 1.37. The molecule has 0 unspecified atom stereocenters. The fraction of sp³-hybridized carbons (Fsp3) is 0.125. The molecule has 2 rings (SSSR count). The zero-order chi connectivity index (χ0) is 10.1. The number of rotatable bonds is 2. The van der Waals surface area contributed by atoms with Crippen LogP contribution in [0.15, 0.2) is 22.9 Å². The summed E-state index contributed by atoms with van der Waals surface area (Å²) in [6, 6.07) is 3.06. The van der Waals surface area contributed by atoms with Crippen molar-refractivity contribution in [2.75, 3.05) is 0 Å². The Balaban J connectivity index is 2.38. The molecule has 0 bridgehead atoms. The van der Waals surface area contributed by atoms with Gasteiger partial charge in [-0.1, -0.05) is 5.16 Å². The number of aromatic carboxylic acids is 1. The fourth-order valence-corrected chi connectivity index (χ4v) is 1.05. The highest BCUT2D eigenvalue weighted by Gasteiger charge is 2.13. The molecule has 0 amide bonds. The van der Waals surface area contributed by atoms with E-state index in [0.29, 0.717) is 11.4 Å². The van der Waals surface area contributed by atoms with Gasteiger partial charge in [-0.25, -0.2) is 4.79 Å². The van der Waals surface area contributed by atoms with Gasteiger partial charge in [-0.2, -0.15) is 5.10 Å². The van der Waals surface area contributed by atoms with Crippen molar-refractivity contribution in [1.82, 2.24) is 14.9 Å². The number of nitrogens with zero attached hydrogens (tertiary/aromatic N) is 3. The summed E-state index contributed by atoms with van der Waals surface area (Å²) in [4.78, 5) is 10.5. The molecule has 0 spiro atoms. The molecule has 2 aromatic rings. The van der Waals surface area contributed by atoms with Crippen LogP contribution in [-0.4, -0.2) is 26.0 Å². The maximum Gasteiger partial charge on any atom is 0.374 e. The molecular weight excluding hydrogens is 186 g/mol. The SMILES string of the molecule is Cn1ccc(-c2cc(C(=O)O)on2)n1. The number of carboxylic acids is 1. The van der Waals surface area contributed by atoms with Crippen molar-refractivity contribution >= 4 is 5.97 Å². The van der Waals surface area contributed by atoms with Crippen LogP contribution in [0.4, 0.5) is 0 Å². The van der Waals surface area contributed by atoms with Gasteiger partial charge in [-0.15, -0.1) is 0 Å². The Morgan fingerprint density at radius 2 is 2.36 bits per heavy atom. The van der Waals surface area contributed by atoms with Crippen molar-refractivity contribution in [2.45, 2.75) is 0 Å². The highest BCUT2D eigenvalue weighted by Crippen LogP contribution is 2.16. The molecular formula is C8H7N3O3. The second-order valence-corrected chi connectivity index (χ2v) is 2.76. The molecule has 6 heteroatoms. The average Bonchev–Trinajstić information content (AvgIpc) is 2.70. The van der Waals surface area contributed by atoms with E-state index in [1.165, 1.54) is 6.07 Å². The number of aryl methyl sites for hydroxylation is 1. The summed E-state index contributed by atoms with van der Waals surface area (Å²) in [5.74, 6) is -1.33. The molecule has 0 saturated heterocycles. The first kappa shape index (κ1) is 8.49. The van der Waals surface area contributed by atoms with Crippen molar-refractivity contribution in [3.05, 3.63) is 24.1 Å². The van der Waals surface area contributed by atoms with Crippen molar-refractivity contribution in [1.29, 1.82) is 0 Å². The average molecular weight is 193 g/mol. The van der Waals surface area contributed by atoms with E-state index in [1.807, 2.05) is 0 Å². The minimum absolute atomic E-state index is 0.189. The van der Waals surface area contributed by atoms with Crippen LogP contribution in [0.3, 0.4) is 0 Å². The lowest BCUT2D eigenvalue weighted by atomic mass is 10.3. The lowest BCUT2D eigenvalue weighted by molar-refractivity contribution is 0.0652. The zero-order valence-electron chi connectivity index (χ0n) is 7.34. The Hall–Kier alpha value is -2.11. The maximum absolute atomic E-state index is 10.5. The first-order chi connectivity index (χ1) is 6.66. The highest BCUT2D eigenvalue weighted by atomic mass is 16.5. The van der Waals surface area contributed by atoms with Crippen LogP contribution in [0.5, 0.6) is 0 Å². The van der Waals surface area contributed by atoms with E-state index in [9.17, 15) is 4.79 Å². The smallest absolute Gasteiger partial charge is 0.374 e. The summed E-state index contributed by atoms with van der Waals surface area (Å²) in [5.41, 5.74) is 1.01. The van der Waals surface area contributed by atoms with Crippen molar-refractivity contribution < 1.29 is 14.4 Å². The van der Waals surface area contributed by atoms with E-state index >= 15 is 0 Å². The van der Waals surface area contributed by atoms with E-state index in [-0.39, 0.29) is 5.76 Å². The summed E-state index contributed by atoms with van der Waals surface area (Å²) in [6.45, 7) is 0. The van der Waals surface area contributed by atoms with Crippen LogP contribution in [-0.2, 0) is 7.05 Å². The quantitative estimate of drug-likeness (QED) is 0.761. The summed E-state index contributed by atoms with van der Waals surface area (Å²) in [5, 5.41) is 16.2. The summed E-state index contributed by atoms with van der Waals surface area (Å²) in [6.07, 6.45) is 1.74. The van der Waals surface area contributed by atoms with Gasteiger partial charge in [-0.05, 0) is 6.07 Å². The van der Waals surface area contributed by atoms with Gasteiger partial charge in [0.2, 0.25) is 5.76 Å². The molecule has 14 heavy (non-hydrogen) atoms. The van der Waals surface area contributed by atoms with Crippen molar-refractivity contribution in [2.24, 2.45) is 7.05 Å². The van der Waals surface area contributed by atoms with Crippen LogP contribution in [0.2, 0.25) is 0 Å². The van der Waals surface area contributed by atoms with Crippen molar-refractivity contribution in [3.63, 3.8) is 0 Å². The Labute approximate surface area is 78.7 Å². The van der Waals surface area contributed by atoms with Gasteiger partial charge >= 0.3 is 5.97 Å². The van der Waals surface area contributed by atoms with Crippen LogP contribution in [0.25, 0.3) is 11.4 Å². The molecule has 0 aromatic carbocycles. The Morgan fingerprint density at radius 1 is 1.57 bits per heavy atom. The summed E-state index contributed by atoms with van der Waals surface area (Å²) < 4.78 is 6.19. The second-order valence-electron chi connectivity index (χ2n) is 2.76. The fourth-order valence-electron chi connectivity index (χ4n) is 1.05. The minimum Gasteiger partial charge on any atom is -0.475 e. The lowest BCUT2D eigenvalue weighted by Crippen LogP contribution is -1.91. The number of hydrogen-bond acceptors (Lipinski definition) is 4. The molecule has 72 valence electrons. The number of carbonyl (C=O) groups is 1. The Bertz CT molecular complexity index is 472. The number of aromatic nitrogens is 3. The predicted molar refractivity (Wildman–Crippen MR) is 45.7 cm³/mol. The Morgan fingerprint density at radius 3 is 2.86 bits per heavy atom. The van der Waals surface area contributed by atoms with E-state index < -0.39 is 5.97 Å². The van der Waals surface area contributed by atoms with Gasteiger partial charge in [-0.3, -0.25) is 4.68 Å². The molecule has 0 fully saturated rings. The first-order valence-corrected chi connectivity index (χ1v) is 3.87. The third-order valence-corrected chi connectivity index (χ3v) is 1.70. The molecule has 0 atom stereocenters. The van der Waals surface area contributed by atoms with Gasteiger partial charge in [0.25, 0.3) is 0 Å². The molecule has 0 aliphatic rings. The van der Waals surface area contributed by atoms with Gasteiger partial charge in [0.15, 0.2) is 0 Å². The van der Waals surface area contributed by atoms with E-state index in [4.69, 9.17) is 5.11 Å². The molecule has 6 nitrogen and oxygen atoms in total. The predicted octanol–water partition coefficient (Wildman–Crippen LogP) is 0.773. The van der Waals surface area contributed by atoms with Crippen LogP contribution < -0.4 is 0 Å². The normalized spacial score (nSPS) is 10.4. The minimum atomic E-state index is -1.14. The van der Waals surface area contributed by atoms with E-state index in [2.05, 4.69) is 14.8 Å². The largest absolute Gasteiger partial charge is 0.475 e. The summed E-state index contributed by atoms with van der Waals surface area (Å²) >= 11 is 0. The van der Waals surface area contributed by atoms with E-state index in [0.717, 1.165) is 0 Å². The Kier molecular flexibility index (Phi) is 1.81. The first-order valence-electron chi connectivity index (χ1n) is 3.87. The molecule has 2 aromatic heterocycles. The molecule has 0 aliphatic carbocycles. The maximum atomic E-state index is 10.5. The van der Waals surface area contributed by atoms with Gasteiger partial charge in [0.1, 0.15) is 11.4 Å². The lowest BCUT2D eigenvalue weighted by Gasteiger charge is -1.85. The van der Waals surface area contributed by atoms with Crippen LogP contribution in [0.1, 0.15) is 10.6 Å². The van der Waals surface area contributed by atoms with Crippen molar-refractivity contribution in [3.8, 4) is 11.4 Å². The molecule has 0 aliphatic heterocycles. The van der Waals surface area contributed by atoms with Gasteiger partial charge < -0.3 is 9.63 Å². The van der Waals surface area contributed by atoms with Gasteiger partial charge in [0, 0.05) is 19.3 Å². The standard InChI is InChI=1S/C8H7N3O3/c1-11-3-2-5(9-11)6-4-7(8(12)13)14-10-6/h2-4H,1H3,(H,12,13). The topological polar surface area (TPSA) is 81.2 Å². The van der Waals surface area contributed by atoms with Crippen LogP contribution in [0, 0.1) is 0 Å². The summed E-state index contributed by atoms with van der Waals surface area (Å²) in [7, 11) is 1.77. The van der Waals surface area contributed by atoms with Gasteiger partial charge in [0.05, 0.1) is 0 Å². The monoisotopic (exact) mass is 193 g/mol. The zero-order valence-corrected chi connectivity index (χ0v) is 7.34. The highest BCUT2D eigenvalue weighted by molar-refractivity contribution is 5.85. The third-order valence-electron chi connectivity index (χ3n) is 1.70. The molecule has 0 radical (unpaired) electrons. The molecule has 0 saturated carbocycles. The second kappa shape index (κ2) is 2.99. The van der Waals surface area contributed by atoms with E-state index in [1.54, 1.807) is 24.0 Å². The van der Waals surface area contributed by atoms with Crippen LogP contribution >= 0.6 is 0 Å². The molecule has 2 heterocycles. The number of hydrogen-bond donors (Lipinski definition) is 1. The number of carboxylic acid groups (broad SMARTS) is 1. The molecule has 1 N–H and O–H groups in total.